The van der Waals surface area contributed by atoms with Gasteiger partial charge in [0.05, 0.1) is 0 Å². The van der Waals surface area contributed by atoms with Gasteiger partial charge in [0.25, 0.3) is 0 Å². The van der Waals surface area contributed by atoms with Crippen LogP contribution in [0, 0.1) is 0 Å². The molecule has 0 aromatic heterocycles. The highest BCUT2D eigenvalue weighted by molar-refractivity contribution is 8.03. The maximum atomic E-state index is 3.93. The number of nitrogens with zero attached hydrogens (tertiary/aromatic N) is 1. The summed E-state index contributed by atoms with van der Waals surface area (Å²) in [5.74, 6) is 0. The summed E-state index contributed by atoms with van der Waals surface area (Å²) in [5, 5.41) is 2.58. The molecule has 0 radical (unpaired) electrons. The van der Waals surface area contributed by atoms with Crippen LogP contribution in [0.2, 0.25) is 0 Å². The highest BCUT2D eigenvalue weighted by Crippen LogP contribution is 2.12. The van der Waals surface area contributed by atoms with Crippen LogP contribution in [0.3, 0.4) is 0 Å². The Hall–Kier alpha value is -0.240. The average molecular weight is 113 g/mol. The Kier molecular flexibility index (Phi) is 1.52. The lowest BCUT2D eigenvalue weighted by atomic mass is 10.5. The Balaban J connectivity index is 2.49. The fourth-order valence-corrected chi connectivity index (χ4v) is 0.929. The van der Waals surface area contributed by atoms with E-state index in [2.05, 4.69) is 11.9 Å². The van der Waals surface area contributed by atoms with E-state index in [0.29, 0.717) is 5.25 Å². The number of hydrogen-bond donors (Lipinski definition) is 0. The van der Waals surface area contributed by atoms with Crippen LogP contribution in [-0.2, 0) is 0 Å². The fourth-order valence-electron chi connectivity index (χ4n) is 0.400. The lowest BCUT2D eigenvalue weighted by Gasteiger charge is -2.00. The van der Waals surface area contributed by atoms with E-state index < -0.39 is 0 Å². The van der Waals surface area contributed by atoms with Gasteiger partial charge < -0.3 is 0 Å². The first-order valence-electron chi connectivity index (χ1n) is 2.23. The molecule has 0 saturated heterocycles. The predicted molar refractivity (Wildman–Crippen MR) is 34.7 cm³/mol. The van der Waals surface area contributed by atoms with Crippen molar-refractivity contribution in [2.45, 2.75) is 12.2 Å². The minimum atomic E-state index is 0.574. The van der Waals surface area contributed by atoms with Crippen molar-refractivity contribution in [2.24, 2.45) is 4.99 Å². The number of hydrogen-bond acceptors (Lipinski definition) is 2. The summed E-state index contributed by atoms with van der Waals surface area (Å²) in [4.78, 5) is 3.93. The van der Waals surface area contributed by atoms with E-state index >= 15 is 0 Å². The Morgan fingerprint density at radius 1 is 1.71 bits per heavy atom. The van der Waals surface area contributed by atoms with Gasteiger partial charge in [0.1, 0.15) is 0 Å². The monoisotopic (exact) mass is 113 g/mol. The zero-order valence-electron chi connectivity index (χ0n) is 4.16. The van der Waals surface area contributed by atoms with Gasteiger partial charge >= 0.3 is 0 Å². The van der Waals surface area contributed by atoms with Gasteiger partial charge in [-0.15, -0.1) is 11.8 Å². The lowest BCUT2D eigenvalue weighted by Crippen LogP contribution is -1.96. The molecule has 2 heteroatoms. The third-order valence-electron chi connectivity index (χ3n) is 0.736. The average Bonchev–Trinajstić information content (AvgIpc) is 1.69. The van der Waals surface area contributed by atoms with E-state index in [-0.39, 0.29) is 0 Å². The quantitative estimate of drug-likeness (QED) is 0.465. The molecule has 0 aromatic carbocycles. The molecule has 0 bridgehead atoms. The van der Waals surface area contributed by atoms with Gasteiger partial charge in [-0.3, -0.25) is 4.99 Å². The maximum Gasteiger partial charge on any atom is 0.0414 e. The van der Waals surface area contributed by atoms with Crippen LogP contribution >= 0.6 is 11.8 Å². The summed E-state index contributed by atoms with van der Waals surface area (Å²) in [6.07, 6.45) is 3.75. The Bertz CT molecular complexity index is 107. The topological polar surface area (TPSA) is 12.4 Å². The van der Waals surface area contributed by atoms with Gasteiger partial charge in [0, 0.05) is 17.7 Å². The lowest BCUT2D eigenvalue weighted by molar-refractivity contribution is 1.33. The molecular weight excluding hydrogens is 106 g/mol. The van der Waals surface area contributed by atoms with Gasteiger partial charge in [-0.05, 0) is 12.3 Å². The van der Waals surface area contributed by atoms with E-state index in [0.717, 1.165) is 0 Å². The van der Waals surface area contributed by atoms with Crippen molar-refractivity contribution < 1.29 is 0 Å². The van der Waals surface area contributed by atoms with E-state index in [1.807, 2.05) is 17.8 Å². The van der Waals surface area contributed by atoms with Crippen LogP contribution in [0.25, 0.3) is 0 Å². The molecule has 1 unspecified atom stereocenters. The molecule has 0 fully saturated rings. The van der Waals surface area contributed by atoms with E-state index in [1.165, 1.54) is 0 Å². The summed E-state index contributed by atoms with van der Waals surface area (Å²) in [6, 6.07) is 0. The molecule has 0 spiro atoms. The first-order chi connectivity index (χ1) is 3.39. The second kappa shape index (κ2) is 2.17. The zero-order chi connectivity index (χ0) is 5.11. The summed E-state index contributed by atoms with van der Waals surface area (Å²) >= 11 is 1.79. The van der Waals surface area contributed by atoms with Crippen LogP contribution in [0.1, 0.15) is 6.92 Å². The molecule has 1 aliphatic rings. The third kappa shape index (κ3) is 1.35. The summed E-state index contributed by atoms with van der Waals surface area (Å²) in [5.41, 5.74) is 0. The minimum absolute atomic E-state index is 0.574. The Morgan fingerprint density at radius 3 is 2.86 bits per heavy atom. The SMILES string of the molecule is CC1C=NC=CS1. The molecule has 0 aromatic rings. The standard InChI is InChI=1S/C5H7NS/c1-5-4-6-2-3-7-5/h2-5H,1H3. The molecule has 38 valence electrons. The molecule has 1 nitrogen and oxygen atoms in total. The van der Waals surface area contributed by atoms with Crippen molar-refractivity contribution in [3.8, 4) is 0 Å². The molecular formula is C5H7NS. The first-order valence-corrected chi connectivity index (χ1v) is 3.17. The molecule has 0 saturated carbocycles. The van der Waals surface area contributed by atoms with E-state index in [1.54, 1.807) is 11.8 Å². The van der Waals surface area contributed by atoms with Crippen molar-refractivity contribution in [3.05, 3.63) is 11.6 Å². The van der Waals surface area contributed by atoms with Crippen molar-refractivity contribution >= 4 is 18.0 Å². The van der Waals surface area contributed by atoms with Crippen molar-refractivity contribution in [1.82, 2.24) is 0 Å². The normalized spacial score (nSPS) is 28.4. The molecule has 1 atom stereocenters. The number of rotatable bonds is 0. The van der Waals surface area contributed by atoms with Gasteiger partial charge in [-0.2, -0.15) is 0 Å². The van der Waals surface area contributed by atoms with Crippen LogP contribution in [0.5, 0.6) is 0 Å². The minimum Gasteiger partial charge on any atom is -0.267 e. The fraction of sp³-hybridized carbons (Fsp3) is 0.400. The van der Waals surface area contributed by atoms with Crippen LogP contribution in [0.4, 0.5) is 0 Å². The Labute approximate surface area is 47.5 Å². The summed E-state index contributed by atoms with van der Waals surface area (Å²) in [7, 11) is 0. The number of thioether (sulfide) groups is 1. The largest absolute Gasteiger partial charge is 0.267 e. The van der Waals surface area contributed by atoms with E-state index in [4.69, 9.17) is 0 Å². The smallest absolute Gasteiger partial charge is 0.0414 e. The van der Waals surface area contributed by atoms with Gasteiger partial charge in [0.15, 0.2) is 0 Å². The van der Waals surface area contributed by atoms with Crippen LogP contribution in [0.15, 0.2) is 16.6 Å². The van der Waals surface area contributed by atoms with Crippen molar-refractivity contribution in [2.75, 3.05) is 0 Å². The molecule has 0 N–H and O–H groups in total. The number of aliphatic imine (C=N–C) groups is 1. The molecule has 1 rings (SSSR count). The van der Waals surface area contributed by atoms with Crippen LogP contribution < -0.4 is 0 Å². The van der Waals surface area contributed by atoms with E-state index in [9.17, 15) is 0 Å². The molecule has 1 aliphatic heterocycles. The second-order valence-corrected chi connectivity index (χ2v) is 2.71. The molecule has 1 heterocycles. The first kappa shape index (κ1) is 4.91. The zero-order valence-corrected chi connectivity index (χ0v) is 4.98. The van der Waals surface area contributed by atoms with Gasteiger partial charge in [-0.25, -0.2) is 0 Å². The maximum absolute atomic E-state index is 3.93. The molecule has 0 aliphatic carbocycles. The van der Waals surface area contributed by atoms with Gasteiger partial charge in [-0.1, -0.05) is 0 Å². The highest BCUT2D eigenvalue weighted by atomic mass is 32.2. The second-order valence-electron chi connectivity index (χ2n) is 1.42. The predicted octanol–water partition coefficient (Wildman–Crippen LogP) is 1.66. The molecule has 0 amide bonds. The Morgan fingerprint density at radius 2 is 2.57 bits per heavy atom. The third-order valence-corrected chi connectivity index (χ3v) is 1.57. The van der Waals surface area contributed by atoms with Gasteiger partial charge in [0.2, 0.25) is 0 Å². The summed E-state index contributed by atoms with van der Waals surface area (Å²) in [6.45, 7) is 2.12. The van der Waals surface area contributed by atoms with Crippen molar-refractivity contribution in [3.63, 3.8) is 0 Å². The molecule has 7 heavy (non-hydrogen) atoms. The summed E-state index contributed by atoms with van der Waals surface area (Å²) < 4.78 is 0. The highest BCUT2D eigenvalue weighted by Gasteiger charge is 1.95. The van der Waals surface area contributed by atoms with Crippen molar-refractivity contribution in [1.29, 1.82) is 0 Å². The van der Waals surface area contributed by atoms with Crippen LogP contribution in [-0.4, -0.2) is 11.5 Å².